The number of methoxy groups -OCH3 is 1. The van der Waals surface area contributed by atoms with Gasteiger partial charge in [0.25, 0.3) is 0 Å². The lowest BCUT2D eigenvalue weighted by Crippen LogP contribution is -2.21. The maximum atomic E-state index is 13.2. The number of para-hydroxylation sites is 1. The van der Waals surface area contributed by atoms with E-state index in [0.717, 1.165) is 54.4 Å². The first-order valence-electron chi connectivity index (χ1n) is 12.6. The number of carbonyl (C=O) groups is 1. The number of aromatic nitrogens is 2. The van der Waals surface area contributed by atoms with Crippen LogP contribution in [-0.4, -0.2) is 53.7 Å². The fourth-order valence-corrected chi connectivity index (χ4v) is 4.46. The van der Waals surface area contributed by atoms with Gasteiger partial charge in [0.15, 0.2) is 11.6 Å². The lowest BCUT2D eigenvalue weighted by molar-refractivity contribution is 0.195. The van der Waals surface area contributed by atoms with Crippen molar-refractivity contribution >= 4 is 18.1 Å². The minimum absolute atomic E-state index is 0.148. The van der Waals surface area contributed by atoms with Gasteiger partial charge in [-0.2, -0.15) is 5.10 Å². The van der Waals surface area contributed by atoms with Crippen LogP contribution in [0.1, 0.15) is 35.6 Å². The number of hydrogen-bond acceptors (Lipinski definition) is 6. The number of aryl methyl sites for hydroxylation is 1. The smallest absolute Gasteiger partial charge is 0.317 e. The Labute approximate surface area is 226 Å². The number of benzene rings is 2. The summed E-state index contributed by atoms with van der Waals surface area (Å²) >= 11 is 0. The first-order valence-corrected chi connectivity index (χ1v) is 12.6. The van der Waals surface area contributed by atoms with Crippen molar-refractivity contribution < 1.29 is 18.3 Å². The van der Waals surface area contributed by atoms with E-state index in [9.17, 15) is 13.6 Å². The molecule has 6 N–H and O–H groups in total. The number of urea groups is 1. The fraction of sp³-hybridized carbons (Fsp3) is 0.321. The highest BCUT2D eigenvalue weighted by atomic mass is 19.2. The van der Waals surface area contributed by atoms with Gasteiger partial charge in [-0.1, -0.05) is 24.3 Å². The molecule has 1 aromatic heterocycles. The third-order valence-electron chi connectivity index (χ3n) is 6.51. The predicted octanol–water partition coefficient (Wildman–Crippen LogP) is 4.45. The van der Waals surface area contributed by atoms with Crippen molar-refractivity contribution in [3.63, 3.8) is 0 Å². The van der Waals surface area contributed by atoms with Crippen LogP contribution in [0.25, 0.3) is 5.69 Å². The average molecular weight is 540 g/mol. The molecule has 0 bridgehead atoms. The number of halogens is 2. The zero-order chi connectivity index (χ0) is 28.4. The van der Waals surface area contributed by atoms with Crippen LogP contribution in [0, 0.1) is 24.0 Å². The number of likely N-dealkylation sites (tertiary alicyclic amines) is 1. The number of nitrogens with one attached hydrogen (secondary N) is 2. The van der Waals surface area contributed by atoms with Crippen molar-refractivity contribution in [1.29, 1.82) is 5.41 Å². The Morgan fingerprint density at radius 3 is 2.59 bits per heavy atom. The van der Waals surface area contributed by atoms with E-state index in [1.54, 1.807) is 17.9 Å². The van der Waals surface area contributed by atoms with E-state index in [-0.39, 0.29) is 5.92 Å². The highest BCUT2D eigenvalue weighted by Gasteiger charge is 2.25. The largest absolute Gasteiger partial charge is 0.403 e. The van der Waals surface area contributed by atoms with Crippen LogP contribution in [0.5, 0.6) is 0 Å². The monoisotopic (exact) mass is 539 g/mol. The second-order valence-electron chi connectivity index (χ2n) is 9.09. The molecule has 0 spiro atoms. The molecule has 208 valence electrons. The number of rotatable bonds is 9. The van der Waals surface area contributed by atoms with Crippen LogP contribution in [0.15, 0.2) is 60.4 Å². The molecule has 4 rings (SSSR count). The first kappa shape index (κ1) is 29.3. The molecule has 11 heteroatoms. The molecule has 39 heavy (non-hydrogen) atoms. The number of carbonyl (C=O) groups excluding carboxylic acids is 1. The van der Waals surface area contributed by atoms with Gasteiger partial charge >= 0.3 is 6.03 Å². The number of hydrogen-bond donors (Lipinski definition) is 4. The molecule has 1 aliphatic heterocycles. The predicted molar refractivity (Wildman–Crippen MR) is 148 cm³/mol. The maximum absolute atomic E-state index is 13.2. The number of primary amides is 1. The van der Waals surface area contributed by atoms with Gasteiger partial charge < -0.3 is 26.5 Å². The van der Waals surface area contributed by atoms with E-state index in [1.165, 1.54) is 18.5 Å². The molecule has 2 heterocycles. The molecule has 2 amide bonds. The normalized spacial score (nSPS) is 15.0. The van der Waals surface area contributed by atoms with Crippen LogP contribution < -0.4 is 16.8 Å². The summed E-state index contributed by atoms with van der Waals surface area (Å²) in [5, 5.41) is 14.5. The van der Waals surface area contributed by atoms with Crippen LogP contribution in [0.2, 0.25) is 0 Å². The van der Waals surface area contributed by atoms with Crippen molar-refractivity contribution in [2.24, 2.45) is 11.5 Å². The Hall–Kier alpha value is -4.25. The van der Waals surface area contributed by atoms with Crippen LogP contribution in [0.4, 0.5) is 19.4 Å². The molecule has 1 fully saturated rings. The summed E-state index contributed by atoms with van der Waals surface area (Å²) in [7, 11) is 1.68. The van der Waals surface area contributed by atoms with Gasteiger partial charge in [-0.3, -0.25) is 5.32 Å². The van der Waals surface area contributed by atoms with Crippen LogP contribution in [0.3, 0.4) is 0 Å². The van der Waals surface area contributed by atoms with E-state index >= 15 is 0 Å². The van der Waals surface area contributed by atoms with Crippen molar-refractivity contribution in [2.75, 3.05) is 32.1 Å². The molecule has 0 aliphatic carbocycles. The third kappa shape index (κ3) is 7.64. The number of nitrogens with two attached hydrogens (primary N) is 2. The Balaban J connectivity index is 0.000000218. The van der Waals surface area contributed by atoms with E-state index in [2.05, 4.69) is 10.4 Å². The number of anilines is 1. The van der Waals surface area contributed by atoms with Crippen molar-refractivity contribution in [2.45, 2.75) is 32.1 Å². The van der Waals surface area contributed by atoms with E-state index < -0.39 is 17.7 Å². The summed E-state index contributed by atoms with van der Waals surface area (Å²) in [6.45, 7) is 4.04. The number of amides is 2. The Morgan fingerprint density at radius 1 is 1.23 bits per heavy atom. The Morgan fingerprint density at radius 2 is 1.97 bits per heavy atom. The topological polar surface area (TPSA) is 135 Å². The zero-order valence-corrected chi connectivity index (χ0v) is 22.2. The molecule has 0 radical (unpaired) electrons. The molecular formula is C28H35F2N7O2. The number of allylic oxidation sites excluding steroid dienone is 1. The zero-order valence-electron chi connectivity index (χ0n) is 22.2. The second-order valence-corrected chi connectivity index (χ2v) is 9.09. The third-order valence-corrected chi connectivity index (χ3v) is 6.51. The van der Waals surface area contributed by atoms with Crippen LogP contribution >= 0.6 is 0 Å². The van der Waals surface area contributed by atoms with E-state index in [1.807, 2.05) is 42.2 Å². The first-order chi connectivity index (χ1) is 18.8. The molecule has 1 unspecified atom stereocenters. The molecule has 9 nitrogen and oxygen atoms in total. The number of nitrogens with zero attached hydrogens (tertiary/aromatic N) is 3. The number of ether oxygens (including phenoxy) is 1. The van der Waals surface area contributed by atoms with Gasteiger partial charge in [0.2, 0.25) is 0 Å². The lowest BCUT2D eigenvalue weighted by Gasteiger charge is -2.18. The minimum atomic E-state index is -0.823. The highest BCUT2D eigenvalue weighted by Crippen LogP contribution is 2.29. The van der Waals surface area contributed by atoms with Gasteiger partial charge in [0.05, 0.1) is 17.1 Å². The summed E-state index contributed by atoms with van der Waals surface area (Å²) in [6, 6.07) is 13.1. The molecule has 1 aliphatic rings. The van der Waals surface area contributed by atoms with Crippen LogP contribution in [-0.2, 0) is 11.2 Å². The van der Waals surface area contributed by atoms with E-state index in [0.29, 0.717) is 24.7 Å². The molecule has 1 atom stereocenters. The van der Waals surface area contributed by atoms with Crippen molar-refractivity contribution in [3.05, 3.63) is 88.9 Å². The summed E-state index contributed by atoms with van der Waals surface area (Å²) in [4.78, 5) is 13.2. The lowest BCUT2D eigenvalue weighted by atomic mass is 9.98. The summed E-state index contributed by atoms with van der Waals surface area (Å²) in [5.74, 6) is -0.876. The Bertz CT molecular complexity index is 1290. The second kappa shape index (κ2) is 14.1. The molecule has 2 aromatic carbocycles. The molecular weight excluding hydrogens is 504 g/mol. The molecule has 1 saturated heterocycles. The molecule has 3 aromatic rings. The SMILES string of the molecule is COCCCc1nn(-c2ccccc2)c(NC(N)=O)c1C.N=C/C(=C\N)N1CCC(c2ccc(F)c(F)c2)C1. The van der Waals surface area contributed by atoms with Gasteiger partial charge in [0, 0.05) is 50.7 Å². The fourth-order valence-electron chi connectivity index (χ4n) is 4.46. The summed E-state index contributed by atoms with van der Waals surface area (Å²) in [6.07, 6.45) is 5.09. The summed E-state index contributed by atoms with van der Waals surface area (Å²) < 4.78 is 32.8. The minimum Gasteiger partial charge on any atom is -0.403 e. The average Bonchev–Trinajstić information content (AvgIpc) is 3.53. The molecule has 0 saturated carbocycles. The van der Waals surface area contributed by atoms with Crippen molar-refractivity contribution in [1.82, 2.24) is 14.7 Å². The maximum Gasteiger partial charge on any atom is 0.317 e. The van der Waals surface area contributed by atoms with Gasteiger partial charge in [-0.05, 0) is 56.0 Å². The highest BCUT2D eigenvalue weighted by molar-refractivity contribution is 5.88. The van der Waals surface area contributed by atoms with Gasteiger partial charge in [-0.25, -0.2) is 18.3 Å². The van der Waals surface area contributed by atoms with Crippen molar-refractivity contribution in [3.8, 4) is 5.69 Å². The standard InChI is InChI=1S/C15H20N4O2.C13H15F2N3/c1-11-13(9-6-10-21-2)18-19(14(11)17-15(16)20)12-7-4-3-5-8-12;14-12-2-1-9(5-13(12)15)10-3-4-18(8-10)11(6-16)7-17/h3-5,7-8H,6,9-10H2,1-2H3,(H3,16,17,20);1-2,5-7,10,16H,3-4,8,17H2/b;11-7+,16-6?. The summed E-state index contributed by atoms with van der Waals surface area (Å²) in [5.41, 5.74) is 14.9. The van der Waals surface area contributed by atoms with Gasteiger partial charge in [-0.15, -0.1) is 0 Å². The van der Waals surface area contributed by atoms with Gasteiger partial charge in [0.1, 0.15) is 5.82 Å². The van der Waals surface area contributed by atoms with E-state index in [4.69, 9.17) is 21.6 Å². The Kier molecular flexibility index (Phi) is 10.6. The quantitative estimate of drug-likeness (QED) is 0.235.